The van der Waals surface area contributed by atoms with Crippen LogP contribution in [0, 0.1) is 11.8 Å². The van der Waals surface area contributed by atoms with Gasteiger partial charge >= 0.3 is 5.97 Å². The molecule has 2 aromatic carbocycles. The summed E-state index contributed by atoms with van der Waals surface area (Å²) >= 11 is 3.71. The zero-order valence-corrected chi connectivity index (χ0v) is 24.1. The standard InChI is InChI=1S/C31H31BrN4O5/c32-25-11-12-27(41-18-20-7-5-14-33-34-20)28-24(25)13-15-36(30(38)22-9-3-4-10-23(22)31(39)40)26(28)17-35-16-19-6-1-2-8-21(19)29(35)37/h1-2,5-8,11-12,14,22-23,26H,3-4,9-10,13,15-18H2,(H,39,40). The second kappa shape index (κ2) is 11.6. The van der Waals surface area contributed by atoms with Crippen molar-refractivity contribution < 1.29 is 24.2 Å². The van der Waals surface area contributed by atoms with E-state index in [0.717, 1.165) is 34.0 Å². The van der Waals surface area contributed by atoms with Crippen LogP contribution in [0.1, 0.15) is 64.5 Å². The first-order chi connectivity index (χ1) is 19.9. The molecule has 6 rings (SSSR count). The number of carbonyl (C=O) groups excluding carboxylic acids is 2. The van der Waals surface area contributed by atoms with Crippen molar-refractivity contribution in [1.82, 2.24) is 20.0 Å². The Morgan fingerprint density at radius 1 is 1.05 bits per heavy atom. The van der Waals surface area contributed by atoms with Gasteiger partial charge in [0.05, 0.1) is 17.9 Å². The molecule has 212 valence electrons. The van der Waals surface area contributed by atoms with Crippen molar-refractivity contribution in [3.63, 3.8) is 0 Å². The maximum absolute atomic E-state index is 14.2. The van der Waals surface area contributed by atoms with E-state index in [4.69, 9.17) is 4.74 Å². The summed E-state index contributed by atoms with van der Waals surface area (Å²) in [5.41, 5.74) is 4.17. The van der Waals surface area contributed by atoms with Crippen molar-refractivity contribution in [2.24, 2.45) is 11.8 Å². The lowest BCUT2D eigenvalue weighted by Crippen LogP contribution is -2.50. The predicted octanol–water partition coefficient (Wildman–Crippen LogP) is 4.79. The van der Waals surface area contributed by atoms with E-state index in [1.807, 2.05) is 47.4 Å². The molecule has 0 spiro atoms. The van der Waals surface area contributed by atoms with E-state index in [-0.39, 0.29) is 25.0 Å². The average molecular weight is 620 g/mol. The molecule has 1 aliphatic carbocycles. The van der Waals surface area contributed by atoms with Gasteiger partial charge in [0.25, 0.3) is 5.91 Å². The number of carboxylic acids is 1. The quantitative estimate of drug-likeness (QED) is 0.405. The third-order valence-corrected chi connectivity index (χ3v) is 9.29. The lowest BCUT2D eigenvalue weighted by Gasteiger charge is -2.43. The molecule has 3 unspecified atom stereocenters. The Morgan fingerprint density at radius 3 is 2.61 bits per heavy atom. The molecule has 2 aliphatic heterocycles. The molecular weight excluding hydrogens is 588 g/mol. The van der Waals surface area contributed by atoms with E-state index in [2.05, 4.69) is 26.1 Å². The Kier molecular flexibility index (Phi) is 7.75. The number of amides is 2. The van der Waals surface area contributed by atoms with Crippen molar-refractivity contribution in [2.45, 2.75) is 51.3 Å². The molecule has 3 heterocycles. The molecule has 41 heavy (non-hydrogen) atoms. The van der Waals surface area contributed by atoms with E-state index >= 15 is 0 Å². The van der Waals surface area contributed by atoms with Crippen LogP contribution in [0.5, 0.6) is 5.75 Å². The maximum atomic E-state index is 14.2. The van der Waals surface area contributed by atoms with Crippen LogP contribution in [0.25, 0.3) is 0 Å². The first-order valence-electron chi connectivity index (χ1n) is 14.0. The number of aliphatic carboxylic acids is 1. The Labute approximate surface area is 246 Å². The van der Waals surface area contributed by atoms with Gasteiger partial charge in [-0.1, -0.05) is 47.0 Å². The highest BCUT2D eigenvalue weighted by Crippen LogP contribution is 2.43. The van der Waals surface area contributed by atoms with Crippen molar-refractivity contribution in [2.75, 3.05) is 13.1 Å². The zero-order chi connectivity index (χ0) is 28.5. The Hall–Kier alpha value is -3.79. The number of nitrogens with zero attached hydrogens (tertiary/aromatic N) is 4. The number of ether oxygens (including phenoxy) is 1. The first kappa shape index (κ1) is 27.4. The number of hydrogen-bond acceptors (Lipinski definition) is 6. The molecule has 1 saturated carbocycles. The lowest BCUT2D eigenvalue weighted by atomic mass is 9.77. The summed E-state index contributed by atoms with van der Waals surface area (Å²) in [6.07, 6.45) is 4.87. The molecule has 10 heteroatoms. The van der Waals surface area contributed by atoms with Crippen molar-refractivity contribution in [3.8, 4) is 5.75 Å². The highest BCUT2D eigenvalue weighted by atomic mass is 79.9. The van der Waals surface area contributed by atoms with E-state index in [9.17, 15) is 19.5 Å². The van der Waals surface area contributed by atoms with E-state index < -0.39 is 23.8 Å². The van der Waals surface area contributed by atoms with Crippen LogP contribution in [0.4, 0.5) is 0 Å². The van der Waals surface area contributed by atoms with Crippen LogP contribution in [-0.2, 0) is 29.2 Å². The van der Waals surface area contributed by atoms with Gasteiger partial charge in [-0.2, -0.15) is 10.2 Å². The molecular formula is C31H31BrN4O5. The summed E-state index contributed by atoms with van der Waals surface area (Å²) in [5.74, 6) is -1.83. The second-order valence-corrected chi connectivity index (χ2v) is 11.8. The number of aromatic nitrogens is 2. The van der Waals surface area contributed by atoms with E-state index in [0.29, 0.717) is 49.4 Å². The minimum atomic E-state index is -0.919. The molecule has 2 amide bonds. The molecule has 0 radical (unpaired) electrons. The largest absolute Gasteiger partial charge is 0.487 e. The number of fused-ring (bicyclic) bond motifs is 2. The summed E-state index contributed by atoms with van der Waals surface area (Å²) in [6, 6.07) is 14.5. The van der Waals surface area contributed by atoms with E-state index in [1.54, 1.807) is 17.2 Å². The topological polar surface area (TPSA) is 113 Å². The number of benzene rings is 2. The van der Waals surface area contributed by atoms with Crippen LogP contribution in [0.3, 0.4) is 0 Å². The molecule has 1 N–H and O–H groups in total. The van der Waals surface area contributed by atoms with Gasteiger partial charge in [0, 0.05) is 41.4 Å². The average Bonchev–Trinajstić information content (AvgIpc) is 3.32. The van der Waals surface area contributed by atoms with Gasteiger partial charge < -0.3 is 19.6 Å². The minimum Gasteiger partial charge on any atom is -0.487 e. The molecule has 9 nitrogen and oxygen atoms in total. The SMILES string of the molecule is O=C(O)C1CCCCC1C(=O)N1CCc2c(Br)ccc(OCc3cccnn3)c2C1CN1Cc2ccccc2C1=O. The molecule has 0 bridgehead atoms. The predicted molar refractivity (Wildman–Crippen MR) is 153 cm³/mol. The Morgan fingerprint density at radius 2 is 1.85 bits per heavy atom. The number of carboxylic acid groups (broad SMARTS) is 1. The molecule has 3 aliphatic rings. The number of hydrogen-bond donors (Lipinski definition) is 1. The molecule has 0 saturated heterocycles. The fourth-order valence-corrected chi connectivity index (χ4v) is 7.07. The first-order valence-corrected chi connectivity index (χ1v) is 14.8. The molecule has 1 aromatic heterocycles. The second-order valence-electron chi connectivity index (χ2n) is 10.9. The Bertz CT molecular complexity index is 1480. The highest BCUT2D eigenvalue weighted by Gasteiger charge is 2.44. The number of halogens is 1. The summed E-state index contributed by atoms with van der Waals surface area (Å²) < 4.78 is 7.21. The summed E-state index contributed by atoms with van der Waals surface area (Å²) in [6.45, 7) is 1.35. The van der Waals surface area contributed by atoms with Gasteiger partial charge in [-0.25, -0.2) is 0 Å². The zero-order valence-electron chi connectivity index (χ0n) is 22.5. The van der Waals surface area contributed by atoms with Gasteiger partial charge in [-0.15, -0.1) is 0 Å². The number of carbonyl (C=O) groups is 3. The summed E-state index contributed by atoms with van der Waals surface area (Å²) in [4.78, 5) is 43.4. The summed E-state index contributed by atoms with van der Waals surface area (Å²) in [7, 11) is 0. The van der Waals surface area contributed by atoms with Gasteiger partial charge in [-0.05, 0) is 60.7 Å². The van der Waals surface area contributed by atoms with Gasteiger partial charge in [0.15, 0.2) is 0 Å². The third kappa shape index (κ3) is 5.32. The summed E-state index contributed by atoms with van der Waals surface area (Å²) in [5, 5.41) is 18.0. The molecule has 3 atom stereocenters. The van der Waals surface area contributed by atoms with Crippen LogP contribution < -0.4 is 4.74 Å². The van der Waals surface area contributed by atoms with Crippen LogP contribution >= 0.6 is 15.9 Å². The third-order valence-electron chi connectivity index (χ3n) is 8.55. The van der Waals surface area contributed by atoms with Gasteiger partial charge in [-0.3, -0.25) is 14.4 Å². The monoisotopic (exact) mass is 618 g/mol. The molecule has 3 aromatic rings. The van der Waals surface area contributed by atoms with Gasteiger partial charge in [0.1, 0.15) is 18.1 Å². The Balaban J connectivity index is 1.38. The van der Waals surface area contributed by atoms with Crippen LogP contribution in [0.15, 0.2) is 59.2 Å². The normalized spacial score (nSPS) is 21.8. The van der Waals surface area contributed by atoms with Crippen molar-refractivity contribution in [3.05, 3.63) is 87.1 Å². The fraction of sp³-hybridized carbons (Fsp3) is 0.387. The lowest BCUT2D eigenvalue weighted by molar-refractivity contribution is -0.153. The number of rotatable bonds is 7. The smallest absolute Gasteiger partial charge is 0.307 e. The molecule has 1 fully saturated rings. The maximum Gasteiger partial charge on any atom is 0.307 e. The highest BCUT2D eigenvalue weighted by molar-refractivity contribution is 9.10. The van der Waals surface area contributed by atoms with Crippen molar-refractivity contribution in [1.29, 1.82) is 0 Å². The van der Waals surface area contributed by atoms with Crippen LogP contribution in [-0.4, -0.2) is 56.0 Å². The van der Waals surface area contributed by atoms with Crippen molar-refractivity contribution >= 4 is 33.7 Å². The van der Waals surface area contributed by atoms with Gasteiger partial charge in [0.2, 0.25) is 5.91 Å². The fourth-order valence-electron chi connectivity index (χ4n) is 6.53. The van der Waals surface area contributed by atoms with E-state index in [1.165, 1.54) is 0 Å². The van der Waals surface area contributed by atoms with Crippen LogP contribution in [0.2, 0.25) is 0 Å². The minimum absolute atomic E-state index is 0.0711.